The van der Waals surface area contributed by atoms with E-state index in [1.54, 1.807) is 24.1 Å². The summed E-state index contributed by atoms with van der Waals surface area (Å²) >= 11 is 0. The fourth-order valence-electron chi connectivity index (χ4n) is 3.41. The second-order valence-corrected chi connectivity index (χ2v) is 10.5. The molecule has 0 aromatic heterocycles. The van der Waals surface area contributed by atoms with Gasteiger partial charge in [-0.05, 0) is 30.0 Å². The van der Waals surface area contributed by atoms with Crippen LogP contribution in [-0.4, -0.2) is 74.2 Å². The Morgan fingerprint density at radius 3 is 2.21 bits per heavy atom. The van der Waals surface area contributed by atoms with E-state index in [2.05, 4.69) is 20.8 Å². The van der Waals surface area contributed by atoms with Gasteiger partial charge in [-0.15, -0.1) is 0 Å². The number of hydrogen-bond donors (Lipinski definition) is 0. The minimum Gasteiger partial charge on any atom is -0.343 e. The molecule has 1 aliphatic rings. The summed E-state index contributed by atoms with van der Waals surface area (Å²) < 4.78 is 27.5. The van der Waals surface area contributed by atoms with Gasteiger partial charge >= 0.3 is 0 Å². The molecule has 160 valence electrons. The first-order valence-corrected chi connectivity index (χ1v) is 11.4. The molecule has 29 heavy (non-hydrogen) atoms. The number of rotatable bonds is 6. The van der Waals surface area contributed by atoms with E-state index in [0.717, 1.165) is 5.56 Å². The highest BCUT2D eigenvalue weighted by Gasteiger charge is 2.32. The van der Waals surface area contributed by atoms with E-state index in [1.807, 2.05) is 30.0 Å². The van der Waals surface area contributed by atoms with E-state index in [-0.39, 0.29) is 17.4 Å². The fourth-order valence-corrected chi connectivity index (χ4v) is 4.83. The van der Waals surface area contributed by atoms with E-state index < -0.39 is 10.0 Å². The lowest BCUT2D eigenvalue weighted by atomic mass is 9.87. The van der Waals surface area contributed by atoms with Gasteiger partial charge in [-0.25, -0.2) is 8.42 Å². The molecule has 0 aliphatic carbocycles. The van der Waals surface area contributed by atoms with Crippen molar-refractivity contribution in [3.63, 3.8) is 0 Å². The van der Waals surface area contributed by atoms with Gasteiger partial charge in [-0.2, -0.15) is 9.57 Å². The molecule has 1 aromatic rings. The molecule has 1 aromatic carbocycles. The lowest BCUT2D eigenvalue weighted by Gasteiger charge is -2.37. The second kappa shape index (κ2) is 9.24. The van der Waals surface area contributed by atoms with E-state index in [4.69, 9.17) is 5.26 Å². The molecule has 2 rings (SSSR count). The molecule has 1 atom stereocenters. The van der Waals surface area contributed by atoms with Crippen molar-refractivity contribution in [1.82, 2.24) is 14.1 Å². The van der Waals surface area contributed by atoms with Crippen molar-refractivity contribution in [3.8, 4) is 6.07 Å². The van der Waals surface area contributed by atoms with Gasteiger partial charge in [0, 0.05) is 39.8 Å². The van der Waals surface area contributed by atoms with Crippen LogP contribution in [0.1, 0.15) is 39.7 Å². The maximum atomic E-state index is 13.0. The van der Waals surface area contributed by atoms with Crippen LogP contribution >= 0.6 is 0 Å². The summed E-state index contributed by atoms with van der Waals surface area (Å²) in [6, 6.07) is 8.81. The van der Waals surface area contributed by atoms with Crippen LogP contribution < -0.4 is 0 Å². The Kier molecular flexibility index (Phi) is 7.44. The van der Waals surface area contributed by atoms with Crippen molar-refractivity contribution in [2.24, 2.45) is 0 Å². The van der Waals surface area contributed by atoms with Gasteiger partial charge in [0.2, 0.25) is 15.9 Å². The number of carbonyl (C=O) groups is 1. The highest BCUT2D eigenvalue weighted by molar-refractivity contribution is 7.89. The van der Waals surface area contributed by atoms with Gasteiger partial charge in [0.15, 0.2) is 0 Å². The Bertz CT molecular complexity index is 845. The molecule has 0 bridgehead atoms. The number of amides is 1. The van der Waals surface area contributed by atoms with Gasteiger partial charge in [0.25, 0.3) is 0 Å². The van der Waals surface area contributed by atoms with Crippen molar-refractivity contribution < 1.29 is 13.2 Å². The number of sulfonamides is 1. The Hall–Kier alpha value is -1.95. The summed E-state index contributed by atoms with van der Waals surface area (Å²) in [6.07, 6.45) is 0.301. The highest BCUT2D eigenvalue weighted by atomic mass is 32.2. The van der Waals surface area contributed by atoms with Crippen molar-refractivity contribution in [3.05, 3.63) is 29.8 Å². The predicted molar refractivity (Wildman–Crippen MR) is 113 cm³/mol. The molecule has 1 unspecified atom stereocenters. The third kappa shape index (κ3) is 5.56. The number of nitriles is 1. The standard InChI is InChI=1S/C21H32N4O3S/c1-17(20(26)23(5)12-6-11-22)24-13-15-25(16-14-24)29(27,28)19-9-7-18(8-10-19)21(2,3)4/h7-10,17H,6,12-16H2,1-5H3. The van der Waals surface area contributed by atoms with Crippen molar-refractivity contribution in [1.29, 1.82) is 5.26 Å². The SMILES string of the molecule is CC(C(=O)N(C)CCC#N)N1CCN(S(=O)(=O)c2ccc(C(C)(C)C)cc2)CC1. The first-order valence-electron chi connectivity index (χ1n) is 9.95. The van der Waals surface area contributed by atoms with Crippen molar-refractivity contribution in [2.75, 3.05) is 39.8 Å². The number of piperazine rings is 1. The summed E-state index contributed by atoms with van der Waals surface area (Å²) in [5.74, 6) is -0.0469. The minimum absolute atomic E-state index is 0.0308. The zero-order valence-electron chi connectivity index (χ0n) is 18.1. The van der Waals surface area contributed by atoms with Crippen LogP contribution in [0.3, 0.4) is 0 Å². The molecule has 8 heteroatoms. The Morgan fingerprint density at radius 1 is 1.17 bits per heavy atom. The molecule has 0 saturated carbocycles. The van der Waals surface area contributed by atoms with Gasteiger partial charge in [-0.1, -0.05) is 32.9 Å². The Balaban J connectivity index is 2.00. The fraction of sp³-hybridized carbons (Fsp3) is 0.619. The molecule has 1 fully saturated rings. The summed E-state index contributed by atoms with van der Waals surface area (Å²) in [5, 5.41) is 8.68. The third-order valence-corrected chi connectivity index (χ3v) is 7.38. The molecule has 0 N–H and O–H groups in total. The van der Waals surface area contributed by atoms with Crippen LogP contribution in [0.25, 0.3) is 0 Å². The normalized spacial score (nSPS) is 17.5. The summed E-state index contributed by atoms with van der Waals surface area (Å²) in [6.45, 7) is 10.2. The van der Waals surface area contributed by atoms with E-state index in [0.29, 0.717) is 44.0 Å². The summed E-state index contributed by atoms with van der Waals surface area (Å²) in [7, 11) is -1.85. The quantitative estimate of drug-likeness (QED) is 0.703. The molecule has 0 radical (unpaired) electrons. The lowest BCUT2D eigenvalue weighted by molar-refractivity contribution is -0.135. The first kappa shape index (κ1) is 23.3. The number of carbonyl (C=O) groups excluding carboxylic acids is 1. The average Bonchev–Trinajstić information content (AvgIpc) is 2.70. The number of hydrogen-bond acceptors (Lipinski definition) is 5. The van der Waals surface area contributed by atoms with E-state index in [9.17, 15) is 13.2 Å². The maximum Gasteiger partial charge on any atom is 0.243 e. The molecule has 7 nitrogen and oxygen atoms in total. The van der Waals surface area contributed by atoms with Crippen LogP contribution in [0.5, 0.6) is 0 Å². The monoisotopic (exact) mass is 420 g/mol. The molecular weight excluding hydrogens is 388 g/mol. The van der Waals surface area contributed by atoms with Gasteiger partial charge in [-0.3, -0.25) is 9.69 Å². The zero-order chi connectivity index (χ0) is 21.8. The van der Waals surface area contributed by atoms with Crippen LogP contribution in [0, 0.1) is 11.3 Å². The van der Waals surface area contributed by atoms with Crippen LogP contribution in [-0.2, 0) is 20.2 Å². The molecule has 1 aliphatic heterocycles. The van der Waals surface area contributed by atoms with Crippen LogP contribution in [0.15, 0.2) is 29.2 Å². The van der Waals surface area contributed by atoms with Gasteiger partial charge in [0.1, 0.15) is 0 Å². The first-order chi connectivity index (χ1) is 13.5. The summed E-state index contributed by atoms with van der Waals surface area (Å²) in [5.41, 5.74) is 1.06. The smallest absolute Gasteiger partial charge is 0.243 e. The predicted octanol–water partition coefficient (Wildman–Crippen LogP) is 2.05. The van der Waals surface area contributed by atoms with Crippen LogP contribution in [0.4, 0.5) is 0 Å². The van der Waals surface area contributed by atoms with E-state index >= 15 is 0 Å². The topological polar surface area (TPSA) is 84.7 Å². The van der Waals surface area contributed by atoms with Crippen molar-refractivity contribution in [2.45, 2.75) is 50.5 Å². The van der Waals surface area contributed by atoms with Crippen LogP contribution in [0.2, 0.25) is 0 Å². The maximum absolute atomic E-state index is 13.0. The van der Waals surface area contributed by atoms with Gasteiger partial charge < -0.3 is 4.90 Å². The average molecular weight is 421 g/mol. The number of benzene rings is 1. The number of likely N-dealkylation sites (N-methyl/N-ethyl adjacent to an activating group) is 1. The largest absolute Gasteiger partial charge is 0.343 e. The third-order valence-electron chi connectivity index (χ3n) is 5.47. The molecule has 1 amide bonds. The van der Waals surface area contributed by atoms with Gasteiger partial charge in [0.05, 0.1) is 23.4 Å². The Labute approximate surface area is 174 Å². The van der Waals surface area contributed by atoms with Crippen molar-refractivity contribution >= 4 is 15.9 Å². The number of nitrogens with zero attached hydrogens (tertiary/aromatic N) is 4. The summed E-state index contributed by atoms with van der Waals surface area (Å²) in [4.78, 5) is 16.4. The molecule has 1 saturated heterocycles. The van der Waals surface area contributed by atoms with E-state index in [1.165, 1.54) is 4.31 Å². The zero-order valence-corrected chi connectivity index (χ0v) is 18.9. The molecule has 1 heterocycles. The minimum atomic E-state index is -3.55. The molecular formula is C21H32N4O3S. The Morgan fingerprint density at radius 2 is 1.72 bits per heavy atom. The molecule has 0 spiro atoms. The lowest BCUT2D eigenvalue weighted by Crippen LogP contribution is -2.55. The highest BCUT2D eigenvalue weighted by Crippen LogP contribution is 2.25. The second-order valence-electron chi connectivity index (χ2n) is 8.56.